The van der Waals surface area contributed by atoms with Crippen LogP contribution in [0.15, 0.2) is 52.4 Å². The van der Waals surface area contributed by atoms with Crippen LogP contribution in [0.3, 0.4) is 0 Å². The quantitative estimate of drug-likeness (QED) is 0.552. The lowest BCUT2D eigenvalue weighted by Gasteiger charge is -2.11. The van der Waals surface area contributed by atoms with Crippen LogP contribution in [-0.2, 0) is 21.3 Å². The van der Waals surface area contributed by atoms with Crippen molar-refractivity contribution in [2.45, 2.75) is 11.4 Å². The highest BCUT2D eigenvalue weighted by Crippen LogP contribution is 2.23. The van der Waals surface area contributed by atoms with Crippen LogP contribution in [0.25, 0.3) is 10.2 Å². The molecule has 0 unspecified atom stereocenters. The monoisotopic (exact) mass is 449 g/mol. The van der Waals surface area contributed by atoms with Crippen LogP contribution in [0, 0.1) is 0 Å². The highest BCUT2D eigenvalue weighted by molar-refractivity contribution is 7.89. The van der Waals surface area contributed by atoms with Crippen LogP contribution in [-0.4, -0.2) is 58.1 Å². The molecule has 0 aliphatic rings. The maximum atomic E-state index is 12.7. The van der Waals surface area contributed by atoms with Crippen LogP contribution in [0.5, 0.6) is 5.75 Å². The number of sulfonamides is 1. The smallest absolute Gasteiger partial charge is 0.279 e. The van der Waals surface area contributed by atoms with Crippen molar-refractivity contribution in [2.75, 3.05) is 34.9 Å². The van der Waals surface area contributed by atoms with E-state index in [1.807, 2.05) is 22.8 Å². The molecule has 0 radical (unpaired) electrons. The van der Waals surface area contributed by atoms with Crippen molar-refractivity contribution in [3.8, 4) is 5.75 Å². The summed E-state index contributed by atoms with van der Waals surface area (Å²) in [6.45, 7) is 1.01. The first-order valence-electron chi connectivity index (χ1n) is 9.06. The van der Waals surface area contributed by atoms with E-state index < -0.39 is 15.9 Å². The molecular weight excluding hydrogens is 426 g/mol. The van der Waals surface area contributed by atoms with Crippen molar-refractivity contribution < 1.29 is 22.7 Å². The minimum atomic E-state index is -3.56. The molecule has 0 saturated heterocycles. The van der Waals surface area contributed by atoms with E-state index in [1.54, 1.807) is 14.2 Å². The van der Waals surface area contributed by atoms with Gasteiger partial charge in [0.1, 0.15) is 5.75 Å². The zero-order valence-electron chi connectivity index (χ0n) is 17.2. The van der Waals surface area contributed by atoms with E-state index in [4.69, 9.17) is 9.47 Å². The van der Waals surface area contributed by atoms with Gasteiger partial charge in [0.25, 0.3) is 5.91 Å². The average molecular weight is 450 g/mol. The summed E-state index contributed by atoms with van der Waals surface area (Å²) < 4.78 is 38.8. The molecule has 0 aliphatic heterocycles. The minimum absolute atomic E-state index is 0.119. The molecule has 0 saturated carbocycles. The largest absolute Gasteiger partial charge is 0.497 e. The third-order valence-corrected chi connectivity index (χ3v) is 7.36. The van der Waals surface area contributed by atoms with Crippen LogP contribution in [0.2, 0.25) is 0 Å². The van der Waals surface area contributed by atoms with Gasteiger partial charge in [0.15, 0.2) is 4.80 Å². The highest BCUT2D eigenvalue weighted by Gasteiger charge is 2.17. The molecule has 160 valence electrons. The lowest BCUT2D eigenvalue weighted by molar-refractivity contribution is 0.0997. The molecule has 1 amide bonds. The summed E-state index contributed by atoms with van der Waals surface area (Å²) in [5.41, 5.74) is 1.23. The van der Waals surface area contributed by atoms with Crippen LogP contribution < -0.4 is 9.54 Å². The lowest BCUT2D eigenvalue weighted by atomic mass is 10.2. The summed E-state index contributed by atoms with van der Waals surface area (Å²) in [6, 6.07) is 11.4. The van der Waals surface area contributed by atoms with E-state index in [-0.39, 0.29) is 4.90 Å². The molecule has 8 nitrogen and oxygen atoms in total. The zero-order chi connectivity index (χ0) is 21.9. The number of ether oxygens (including phenoxy) is 2. The summed E-state index contributed by atoms with van der Waals surface area (Å²) >= 11 is 1.38. The third kappa shape index (κ3) is 4.46. The number of nitrogens with zero attached hydrogens (tertiary/aromatic N) is 3. The minimum Gasteiger partial charge on any atom is -0.497 e. The predicted molar refractivity (Wildman–Crippen MR) is 115 cm³/mol. The number of hydrogen-bond donors (Lipinski definition) is 0. The molecule has 3 aromatic rings. The van der Waals surface area contributed by atoms with Gasteiger partial charge in [0, 0.05) is 33.3 Å². The number of amides is 1. The Morgan fingerprint density at radius 3 is 2.43 bits per heavy atom. The molecule has 0 atom stereocenters. The second-order valence-electron chi connectivity index (χ2n) is 6.59. The Morgan fingerprint density at radius 1 is 1.13 bits per heavy atom. The van der Waals surface area contributed by atoms with Gasteiger partial charge >= 0.3 is 0 Å². The number of carbonyl (C=O) groups is 1. The van der Waals surface area contributed by atoms with E-state index in [1.165, 1.54) is 49.7 Å². The number of fused-ring (bicyclic) bond motifs is 1. The van der Waals surface area contributed by atoms with Crippen molar-refractivity contribution in [1.82, 2.24) is 8.87 Å². The van der Waals surface area contributed by atoms with Gasteiger partial charge in [-0.2, -0.15) is 4.99 Å². The lowest BCUT2D eigenvalue weighted by Crippen LogP contribution is -2.22. The van der Waals surface area contributed by atoms with Crippen molar-refractivity contribution in [3.63, 3.8) is 0 Å². The first kappa shape index (κ1) is 22.2. The van der Waals surface area contributed by atoms with Gasteiger partial charge in [0.2, 0.25) is 10.0 Å². The Kier molecular flexibility index (Phi) is 6.71. The Balaban J connectivity index is 2.02. The SMILES string of the molecule is COCCn1c(=NC(=O)c2ccc(S(=O)(=O)N(C)C)cc2)sc2cc(OC)ccc21. The van der Waals surface area contributed by atoms with Gasteiger partial charge in [-0.3, -0.25) is 4.79 Å². The standard InChI is InChI=1S/C20H23N3O5S2/c1-22(2)30(25,26)16-8-5-14(6-9-16)19(24)21-20-23(11-12-27-3)17-10-7-15(28-4)13-18(17)29-20/h5-10,13H,11-12H2,1-4H3. The number of methoxy groups -OCH3 is 2. The average Bonchev–Trinajstić information content (AvgIpc) is 3.07. The number of hydrogen-bond acceptors (Lipinski definition) is 6. The zero-order valence-corrected chi connectivity index (χ0v) is 18.8. The highest BCUT2D eigenvalue weighted by atomic mass is 32.2. The molecule has 1 aromatic heterocycles. The fourth-order valence-corrected chi connectivity index (χ4v) is 4.78. The van der Waals surface area contributed by atoms with Crippen LogP contribution >= 0.6 is 11.3 Å². The van der Waals surface area contributed by atoms with Gasteiger partial charge in [0.05, 0.1) is 28.8 Å². The first-order valence-corrected chi connectivity index (χ1v) is 11.3. The molecule has 3 rings (SSSR count). The number of benzene rings is 2. The van der Waals surface area contributed by atoms with E-state index in [2.05, 4.69) is 4.99 Å². The fourth-order valence-electron chi connectivity index (χ4n) is 2.80. The number of aromatic nitrogens is 1. The van der Waals surface area contributed by atoms with E-state index in [9.17, 15) is 13.2 Å². The number of carbonyl (C=O) groups excluding carboxylic acids is 1. The number of rotatable bonds is 7. The molecule has 1 heterocycles. The van der Waals surface area contributed by atoms with Gasteiger partial charge in [-0.25, -0.2) is 12.7 Å². The van der Waals surface area contributed by atoms with Crippen molar-refractivity contribution in [3.05, 3.63) is 52.8 Å². The van der Waals surface area contributed by atoms with Crippen LogP contribution in [0.4, 0.5) is 0 Å². The van der Waals surface area contributed by atoms with Gasteiger partial charge in [-0.15, -0.1) is 0 Å². The van der Waals surface area contributed by atoms with E-state index in [0.29, 0.717) is 23.5 Å². The van der Waals surface area contributed by atoms with Crippen molar-refractivity contribution in [1.29, 1.82) is 0 Å². The Labute approximate surface area is 179 Å². The molecule has 30 heavy (non-hydrogen) atoms. The third-order valence-electron chi connectivity index (χ3n) is 4.49. The topological polar surface area (TPSA) is 90.2 Å². The Morgan fingerprint density at radius 2 is 1.83 bits per heavy atom. The van der Waals surface area contributed by atoms with Gasteiger partial charge < -0.3 is 14.0 Å². The molecule has 0 fully saturated rings. The predicted octanol–water partition coefficient (Wildman–Crippen LogP) is 2.35. The summed E-state index contributed by atoms with van der Waals surface area (Å²) in [7, 11) is 2.57. The molecule has 0 aliphatic carbocycles. The molecule has 10 heteroatoms. The molecule has 0 N–H and O–H groups in total. The molecule has 2 aromatic carbocycles. The first-order chi connectivity index (χ1) is 14.3. The Hall–Kier alpha value is -2.53. The van der Waals surface area contributed by atoms with Crippen molar-refractivity contribution in [2.24, 2.45) is 4.99 Å². The molecule has 0 spiro atoms. The van der Waals surface area contributed by atoms with E-state index >= 15 is 0 Å². The van der Waals surface area contributed by atoms with Gasteiger partial charge in [-0.1, -0.05) is 11.3 Å². The summed E-state index contributed by atoms with van der Waals surface area (Å²) in [5.74, 6) is 0.270. The second-order valence-corrected chi connectivity index (χ2v) is 9.75. The fraction of sp³-hybridized carbons (Fsp3) is 0.300. The number of thiazole rings is 1. The second kappa shape index (κ2) is 9.09. The van der Waals surface area contributed by atoms with Crippen LogP contribution in [0.1, 0.15) is 10.4 Å². The van der Waals surface area contributed by atoms with Gasteiger partial charge in [-0.05, 0) is 42.5 Å². The molecular formula is C20H23N3O5S2. The summed E-state index contributed by atoms with van der Waals surface area (Å²) in [5, 5.41) is 0. The van der Waals surface area contributed by atoms with Crippen molar-refractivity contribution >= 4 is 37.5 Å². The summed E-state index contributed by atoms with van der Waals surface area (Å²) in [4.78, 5) is 17.7. The Bertz CT molecular complexity index is 1230. The maximum Gasteiger partial charge on any atom is 0.279 e. The maximum absolute atomic E-state index is 12.7. The van der Waals surface area contributed by atoms with E-state index in [0.717, 1.165) is 20.3 Å². The normalized spacial score (nSPS) is 12.6. The molecule has 0 bridgehead atoms. The summed E-state index contributed by atoms with van der Waals surface area (Å²) in [6.07, 6.45) is 0.